The van der Waals surface area contributed by atoms with Crippen molar-refractivity contribution in [2.75, 3.05) is 47.5 Å². The Morgan fingerprint density at radius 3 is 2.00 bits per heavy atom. The van der Waals surface area contributed by atoms with Gasteiger partial charge in [0.15, 0.2) is 6.10 Å². The number of allylic oxidation sites excluding steroid dienone is 8. The number of unbranched alkanes of at least 4 members (excludes halogenated alkanes) is 1. The number of likely N-dealkylation sites (N-methyl/N-ethyl adjacent to an activating group) is 1. The molecular formula is C30H52NO9P. The van der Waals surface area contributed by atoms with Crippen molar-refractivity contribution in [3.63, 3.8) is 0 Å². The molecule has 41 heavy (non-hydrogen) atoms. The lowest BCUT2D eigenvalue weighted by Gasteiger charge is -2.28. The third-order valence-corrected chi connectivity index (χ3v) is 6.53. The van der Waals surface area contributed by atoms with Gasteiger partial charge in [-0.05, 0) is 51.4 Å². The first-order valence-electron chi connectivity index (χ1n) is 14.4. The first kappa shape index (κ1) is 38.9. The van der Waals surface area contributed by atoms with Crippen LogP contribution in [0.2, 0.25) is 0 Å². The van der Waals surface area contributed by atoms with Crippen LogP contribution in [0.25, 0.3) is 0 Å². The lowest BCUT2D eigenvalue weighted by Crippen LogP contribution is -2.37. The van der Waals surface area contributed by atoms with Gasteiger partial charge in [-0.3, -0.25) is 14.2 Å². The molecule has 0 spiro atoms. The molecule has 0 aromatic carbocycles. The van der Waals surface area contributed by atoms with Crippen molar-refractivity contribution in [1.29, 1.82) is 0 Å². The zero-order chi connectivity index (χ0) is 31.0. The second kappa shape index (κ2) is 23.5. The van der Waals surface area contributed by atoms with E-state index in [1.807, 2.05) is 40.2 Å². The molecular weight excluding hydrogens is 549 g/mol. The van der Waals surface area contributed by atoms with E-state index in [9.17, 15) is 24.2 Å². The highest BCUT2D eigenvalue weighted by atomic mass is 31.2. The molecule has 0 aliphatic heterocycles. The minimum absolute atomic E-state index is 0.0506. The van der Waals surface area contributed by atoms with Crippen LogP contribution in [-0.2, 0) is 32.7 Å². The molecule has 0 aromatic rings. The molecule has 0 rings (SSSR count). The monoisotopic (exact) mass is 601 g/mol. The predicted molar refractivity (Wildman–Crippen MR) is 159 cm³/mol. The average molecular weight is 602 g/mol. The van der Waals surface area contributed by atoms with Gasteiger partial charge >= 0.3 is 11.9 Å². The topological polar surface area (TPSA) is 131 Å². The molecule has 0 bridgehead atoms. The number of phosphoric ester groups is 1. The molecule has 11 heteroatoms. The summed E-state index contributed by atoms with van der Waals surface area (Å²) in [5, 5.41) is 9.50. The summed E-state index contributed by atoms with van der Waals surface area (Å²) in [6, 6.07) is 0. The number of rotatable bonds is 24. The molecule has 0 fully saturated rings. The van der Waals surface area contributed by atoms with Crippen LogP contribution in [-0.4, -0.2) is 81.2 Å². The maximum atomic E-state index is 12.0. The van der Waals surface area contributed by atoms with Gasteiger partial charge in [-0.1, -0.05) is 55.5 Å². The van der Waals surface area contributed by atoms with Gasteiger partial charge in [0.25, 0.3) is 7.82 Å². The van der Waals surface area contributed by atoms with Gasteiger partial charge in [0, 0.05) is 13.3 Å². The second-order valence-corrected chi connectivity index (χ2v) is 12.0. The number of aliphatic hydroxyl groups is 1. The summed E-state index contributed by atoms with van der Waals surface area (Å²) in [7, 11) is 1.09. The summed E-state index contributed by atoms with van der Waals surface area (Å²) < 4.78 is 32.2. The quantitative estimate of drug-likeness (QED) is 0.0546. The number of carbonyl (C=O) groups excluding carboxylic acids is 2. The Morgan fingerprint density at radius 2 is 1.46 bits per heavy atom. The first-order valence-corrected chi connectivity index (χ1v) is 15.8. The summed E-state index contributed by atoms with van der Waals surface area (Å²) in [5.41, 5.74) is 0. The van der Waals surface area contributed by atoms with E-state index in [1.165, 1.54) is 6.92 Å². The number of ether oxygens (including phenoxy) is 2. The normalized spacial score (nSPS) is 15.6. The maximum absolute atomic E-state index is 12.0. The number of hydrogen-bond acceptors (Lipinski definition) is 9. The number of phosphoric acid groups is 1. The number of aliphatic hydroxyl groups excluding tert-OH is 1. The number of nitrogens with zero attached hydrogens (tertiary/aromatic N) is 1. The zero-order valence-electron chi connectivity index (χ0n) is 25.6. The van der Waals surface area contributed by atoms with Crippen LogP contribution in [0.1, 0.15) is 71.6 Å². The van der Waals surface area contributed by atoms with E-state index in [2.05, 4.69) is 36.5 Å². The predicted octanol–water partition coefficient (Wildman–Crippen LogP) is 4.79. The molecule has 236 valence electrons. The minimum atomic E-state index is -4.59. The third-order valence-electron chi connectivity index (χ3n) is 5.57. The Labute approximate surface area is 246 Å². The van der Waals surface area contributed by atoms with Crippen molar-refractivity contribution in [3.8, 4) is 0 Å². The van der Waals surface area contributed by atoms with Gasteiger partial charge in [0.05, 0.1) is 33.9 Å². The van der Waals surface area contributed by atoms with Gasteiger partial charge in [0.1, 0.15) is 19.8 Å². The molecule has 0 heterocycles. The fourth-order valence-corrected chi connectivity index (χ4v) is 3.88. The fraction of sp³-hybridized carbons (Fsp3) is 0.667. The number of hydrogen-bond donors (Lipinski definition) is 1. The van der Waals surface area contributed by atoms with Crippen molar-refractivity contribution >= 4 is 19.8 Å². The van der Waals surface area contributed by atoms with E-state index < -0.39 is 32.5 Å². The molecule has 0 amide bonds. The van der Waals surface area contributed by atoms with Crippen LogP contribution in [0, 0.1) is 0 Å². The van der Waals surface area contributed by atoms with E-state index in [4.69, 9.17) is 18.5 Å². The van der Waals surface area contributed by atoms with Crippen molar-refractivity contribution in [1.82, 2.24) is 0 Å². The molecule has 10 nitrogen and oxygen atoms in total. The van der Waals surface area contributed by atoms with Crippen LogP contribution in [0.5, 0.6) is 0 Å². The van der Waals surface area contributed by atoms with Gasteiger partial charge in [-0.15, -0.1) is 0 Å². The van der Waals surface area contributed by atoms with Crippen LogP contribution < -0.4 is 4.89 Å². The summed E-state index contributed by atoms with van der Waals surface area (Å²) >= 11 is 0. The van der Waals surface area contributed by atoms with E-state index >= 15 is 0 Å². The lowest BCUT2D eigenvalue weighted by molar-refractivity contribution is -0.870. The number of quaternary nitrogens is 1. The Hall–Kier alpha value is -2.07. The van der Waals surface area contributed by atoms with Gasteiger partial charge in [-0.25, -0.2) is 0 Å². The Morgan fingerprint density at radius 1 is 0.902 bits per heavy atom. The Balaban J connectivity index is 4.08. The van der Waals surface area contributed by atoms with Crippen LogP contribution in [0.4, 0.5) is 0 Å². The molecule has 0 saturated heterocycles. The van der Waals surface area contributed by atoms with Crippen molar-refractivity contribution in [2.24, 2.45) is 0 Å². The SMILES string of the molecule is CC[C@H](O)CC/C=C\C/C=C\C/C=C\C/C=C\CCCC(=O)OC[C@H](COP(=O)([O-])OCC[N+](C)(C)C)OC(C)=O. The van der Waals surface area contributed by atoms with Crippen molar-refractivity contribution < 1.29 is 47.2 Å². The van der Waals surface area contributed by atoms with Crippen molar-refractivity contribution in [3.05, 3.63) is 48.6 Å². The van der Waals surface area contributed by atoms with Crippen LogP contribution >= 0.6 is 7.82 Å². The van der Waals surface area contributed by atoms with Gasteiger partial charge in [-0.2, -0.15) is 0 Å². The highest BCUT2D eigenvalue weighted by Crippen LogP contribution is 2.38. The highest BCUT2D eigenvalue weighted by molar-refractivity contribution is 7.45. The smallest absolute Gasteiger partial charge is 0.305 e. The van der Waals surface area contributed by atoms with E-state index in [1.54, 1.807) is 0 Å². The van der Waals surface area contributed by atoms with E-state index in [-0.39, 0.29) is 25.7 Å². The molecule has 0 saturated carbocycles. The summed E-state index contributed by atoms with van der Waals surface area (Å²) in [4.78, 5) is 35.3. The summed E-state index contributed by atoms with van der Waals surface area (Å²) in [6.45, 7) is 2.74. The summed E-state index contributed by atoms with van der Waals surface area (Å²) in [5.74, 6) is -1.12. The number of carbonyl (C=O) groups is 2. The molecule has 0 aliphatic carbocycles. The third kappa shape index (κ3) is 27.9. The first-order chi connectivity index (χ1) is 19.3. The maximum Gasteiger partial charge on any atom is 0.305 e. The molecule has 0 aliphatic rings. The lowest BCUT2D eigenvalue weighted by atomic mass is 10.1. The molecule has 0 radical (unpaired) electrons. The Bertz CT molecular complexity index is 878. The minimum Gasteiger partial charge on any atom is -0.756 e. The largest absolute Gasteiger partial charge is 0.756 e. The molecule has 0 aromatic heterocycles. The fourth-order valence-electron chi connectivity index (χ4n) is 3.15. The Kier molecular flexibility index (Phi) is 22.3. The zero-order valence-corrected chi connectivity index (χ0v) is 26.5. The van der Waals surface area contributed by atoms with Crippen LogP contribution in [0.3, 0.4) is 0 Å². The van der Waals surface area contributed by atoms with Gasteiger partial charge in [0.2, 0.25) is 0 Å². The average Bonchev–Trinajstić information content (AvgIpc) is 2.88. The second-order valence-electron chi connectivity index (χ2n) is 10.6. The van der Waals surface area contributed by atoms with Gasteiger partial charge < -0.3 is 33.0 Å². The van der Waals surface area contributed by atoms with E-state index in [0.29, 0.717) is 23.9 Å². The van der Waals surface area contributed by atoms with Crippen LogP contribution in [0.15, 0.2) is 48.6 Å². The van der Waals surface area contributed by atoms with E-state index in [0.717, 1.165) is 38.5 Å². The molecule has 3 atom stereocenters. The summed E-state index contributed by atoms with van der Waals surface area (Å²) in [6.07, 6.45) is 22.0. The highest BCUT2D eigenvalue weighted by Gasteiger charge is 2.20. The number of esters is 2. The standard InChI is InChI=1S/C30H52NO9P/c1-6-28(33)21-19-17-15-13-11-9-7-8-10-12-14-16-18-20-22-30(34)37-25-29(40-27(2)32)26-39-41(35,36)38-24-23-31(3,4)5/h8-11,14-17,28-29,33H,6-7,12-13,18-26H2,1-5H3/b10-8-,11-9-,16-14-,17-15-/t28-,29+/m0/s1. The molecule has 1 unspecified atom stereocenters. The molecule has 1 N–H and O–H groups in total. The van der Waals surface area contributed by atoms with Crippen molar-refractivity contribution in [2.45, 2.75) is 83.8 Å².